The summed E-state index contributed by atoms with van der Waals surface area (Å²) in [4.78, 5) is 15.0. The van der Waals surface area contributed by atoms with E-state index in [0.717, 1.165) is 39.9 Å². The minimum absolute atomic E-state index is 0.0999. The molecule has 0 aromatic heterocycles. The van der Waals surface area contributed by atoms with Gasteiger partial charge in [-0.05, 0) is 75.4 Å². The fraction of sp³-hybridized carbons (Fsp3) is 0.409. The fourth-order valence-corrected chi connectivity index (χ4v) is 3.78. The number of amides is 1. The highest BCUT2D eigenvalue weighted by molar-refractivity contribution is 9.10. The zero-order valence-corrected chi connectivity index (χ0v) is 18.1. The second-order valence-electron chi connectivity index (χ2n) is 7.91. The van der Waals surface area contributed by atoms with Crippen LogP contribution in [-0.4, -0.2) is 18.8 Å². The lowest BCUT2D eigenvalue weighted by atomic mass is 9.90. The smallest absolute Gasteiger partial charge is 0.415 e. The molecule has 0 aliphatic carbocycles. The molecule has 1 aliphatic heterocycles. The van der Waals surface area contributed by atoms with E-state index in [1.807, 2.05) is 51.1 Å². The highest BCUT2D eigenvalue weighted by Crippen LogP contribution is 2.42. The van der Waals surface area contributed by atoms with E-state index in [1.165, 1.54) is 5.56 Å². The molecule has 0 saturated carbocycles. The number of ether oxygens (including phenoxy) is 2. The van der Waals surface area contributed by atoms with E-state index in [9.17, 15) is 4.79 Å². The molecule has 1 heterocycles. The Kier molecular flexibility index (Phi) is 5.52. The first-order valence-electron chi connectivity index (χ1n) is 9.15. The predicted octanol–water partition coefficient (Wildman–Crippen LogP) is 6.20. The van der Waals surface area contributed by atoms with E-state index in [-0.39, 0.29) is 12.1 Å². The van der Waals surface area contributed by atoms with E-state index >= 15 is 0 Å². The van der Waals surface area contributed by atoms with Gasteiger partial charge in [0.25, 0.3) is 0 Å². The number of methoxy groups -OCH3 is 1. The molecule has 1 amide bonds. The van der Waals surface area contributed by atoms with Gasteiger partial charge in [0.05, 0.1) is 18.8 Å². The summed E-state index contributed by atoms with van der Waals surface area (Å²) in [6.07, 6.45) is 1.41. The number of aryl methyl sites for hydroxylation is 2. The third kappa shape index (κ3) is 4.29. The molecule has 0 radical (unpaired) electrons. The SMILES string of the molecule is COc1cccc(C2CCc3cc(C)c(Br)cc3N2C(=O)OC(C)(C)C)c1. The van der Waals surface area contributed by atoms with Gasteiger partial charge in [-0.25, -0.2) is 4.79 Å². The van der Waals surface area contributed by atoms with Crippen LogP contribution in [0.2, 0.25) is 0 Å². The predicted molar refractivity (Wildman–Crippen MR) is 112 cm³/mol. The maximum Gasteiger partial charge on any atom is 0.415 e. The lowest BCUT2D eigenvalue weighted by Crippen LogP contribution is -2.42. The third-order valence-corrected chi connectivity index (χ3v) is 5.54. The number of carbonyl (C=O) groups is 1. The number of nitrogens with zero attached hydrogens (tertiary/aromatic N) is 1. The summed E-state index contributed by atoms with van der Waals surface area (Å²) in [7, 11) is 1.65. The van der Waals surface area contributed by atoms with Crippen molar-refractivity contribution >= 4 is 27.7 Å². The fourth-order valence-electron chi connectivity index (χ4n) is 3.45. The monoisotopic (exact) mass is 431 g/mol. The molecule has 0 bridgehead atoms. The lowest BCUT2D eigenvalue weighted by molar-refractivity contribution is 0.0560. The molecule has 2 aromatic carbocycles. The van der Waals surface area contributed by atoms with Gasteiger partial charge in [0, 0.05) is 4.47 Å². The summed E-state index contributed by atoms with van der Waals surface area (Å²) < 4.78 is 12.1. The first kappa shape index (κ1) is 19.7. The molecular formula is C22H26BrNO3. The number of hydrogen-bond acceptors (Lipinski definition) is 3. The number of hydrogen-bond donors (Lipinski definition) is 0. The Morgan fingerprint density at radius 3 is 2.63 bits per heavy atom. The lowest BCUT2D eigenvalue weighted by Gasteiger charge is -2.38. The molecule has 144 valence electrons. The van der Waals surface area contributed by atoms with Crippen molar-refractivity contribution in [1.29, 1.82) is 0 Å². The van der Waals surface area contributed by atoms with Gasteiger partial charge in [0.2, 0.25) is 0 Å². The highest BCUT2D eigenvalue weighted by Gasteiger charge is 2.35. The van der Waals surface area contributed by atoms with Gasteiger partial charge in [-0.1, -0.05) is 34.1 Å². The molecule has 3 rings (SSSR count). The van der Waals surface area contributed by atoms with Gasteiger partial charge in [0.1, 0.15) is 11.4 Å². The minimum Gasteiger partial charge on any atom is -0.497 e. The van der Waals surface area contributed by atoms with Gasteiger partial charge in [-0.2, -0.15) is 0 Å². The largest absolute Gasteiger partial charge is 0.497 e. The Morgan fingerprint density at radius 1 is 1.22 bits per heavy atom. The van der Waals surface area contributed by atoms with Crippen LogP contribution < -0.4 is 9.64 Å². The van der Waals surface area contributed by atoms with Gasteiger partial charge in [0.15, 0.2) is 0 Å². The molecule has 2 aromatic rings. The van der Waals surface area contributed by atoms with Crippen molar-refractivity contribution in [3.8, 4) is 5.75 Å². The van der Waals surface area contributed by atoms with Crippen molar-refractivity contribution in [2.24, 2.45) is 0 Å². The standard InChI is InChI=1S/C22H26BrNO3/c1-14-11-16-9-10-19(15-7-6-8-17(12-15)26-5)24(20(16)13-18(14)23)21(25)27-22(2,3)4/h6-8,11-13,19H,9-10H2,1-5H3. The van der Waals surface area contributed by atoms with Crippen molar-refractivity contribution in [2.75, 3.05) is 12.0 Å². The second kappa shape index (κ2) is 7.55. The van der Waals surface area contributed by atoms with Crippen molar-refractivity contribution < 1.29 is 14.3 Å². The number of fused-ring (bicyclic) bond motifs is 1. The molecule has 1 aliphatic rings. The average molecular weight is 432 g/mol. The molecule has 0 spiro atoms. The van der Waals surface area contributed by atoms with Gasteiger partial charge in [-0.15, -0.1) is 0 Å². The van der Waals surface area contributed by atoms with Crippen LogP contribution in [0.5, 0.6) is 5.75 Å². The van der Waals surface area contributed by atoms with Gasteiger partial charge >= 0.3 is 6.09 Å². The zero-order chi connectivity index (χ0) is 19.8. The van der Waals surface area contributed by atoms with E-state index in [1.54, 1.807) is 12.0 Å². The van der Waals surface area contributed by atoms with Crippen LogP contribution in [0.3, 0.4) is 0 Å². The van der Waals surface area contributed by atoms with Crippen LogP contribution in [0.4, 0.5) is 10.5 Å². The molecule has 0 saturated heterocycles. The average Bonchev–Trinajstić information content (AvgIpc) is 2.60. The summed E-state index contributed by atoms with van der Waals surface area (Å²) in [5.74, 6) is 0.785. The molecular weight excluding hydrogens is 406 g/mol. The topological polar surface area (TPSA) is 38.8 Å². The van der Waals surface area contributed by atoms with Crippen molar-refractivity contribution in [3.63, 3.8) is 0 Å². The molecule has 1 unspecified atom stereocenters. The normalized spacial score (nSPS) is 16.7. The minimum atomic E-state index is -0.560. The number of halogens is 1. The Bertz CT molecular complexity index is 857. The van der Waals surface area contributed by atoms with E-state index in [4.69, 9.17) is 9.47 Å². The van der Waals surface area contributed by atoms with Crippen LogP contribution in [0.1, 0.15) is 49.9 Å². The molecule has 4 nitrogen and oxygen atoms in total. The molecule has 0 fully saturated rings. The summed E-state index contributed by atoms with van der Waals surface area (Å²) in [5, 5.41) is 0. The van der Waals surface area contributed by atoms with Crippen LogP contribution in [0.15, 0.2) is 40.9 Å². The number of carbonyl (C=O) groups excluding carboxylic acids is 1. The summed E-state index contributed by atoms with van der Waals surface area (Å²) in [6.45, 7) is 7.74. The van der Waals surface area contributed by atoms with Gasteiger partial charge in [-0.3, -0.25) is 4.90 Å². The first-order valence-corrected chi connectivity index (χ1v) is 9.94. The number of benzene rings is 2. The van der Waals surface area contributed by atoms with Crippen molar-refractivity contribution in [1.82, 2.24) is 0 Å². The van der Waals surface area contributed by atoms with Crippen LogP contribution in [0, 0.1) is 6.92 Å². The van der Waals surface area contributed by atoms with E-state index < -0.39 is 5.60 Å². The summed E-state index contributed by atoms with van der Waals surface area (Å²) >= 11 is 3.61. The van der Waals surface area contributed by atoms with Crippen LogP contribution in [-0.2, 0) is 11.2 Å². The van der Waals surface area contributed by atoms with Gasteiger partial charge < -0.3 is 9.47 Å². The van der Waals surface area contributed by atoms with Crippen LogP contribution >= 0.6 is 15.9 Å². The molecule has 27 heavy (non-hydrogen) atoms. The zero-order valence-electron chi connectivity index (χ0n) is 16.5. The first-order chi connectivity index (χ1) is 12.7. The van der Waals surface area contributed by atoms with E-state index in [0.29, 0.717) is 0 Å². The number of anilines is 1. The molecule has 5 heteroatoms. The number of rotatable bonds is 2. The maximum atomic E-state index is 13.2. The van der Waals surface area contributed by atoms with Crippen molar-refractivity contribution in [3.05, 3.63) is 57.6 Å². The maximum absolute atomic E-state index is 13.2. The third-order valence-electron chi connectivity index (χ3n) is 4.69. The van der Waals surface area contributed by atoms with Crippen LogP contribution in [0.25, 0.3) is 0 Å². The Morgan fingerprint density at radius 2 is 1.96 bits per heavy atom. The Hall–Kier alpha value is -2.01. The Labute approximate surface area is 169 Å². The van der Waals surface area contributed by atoms with Crippen molar-refractivity contribution in [2.45, 2.75) is 52.2 Å². The second-order valence-corrected chi connectivity index (χ2v) is 8.77. The van der Waals surface area contributed by atoms with E-state index in [2.05, 4.69) is 28.9 Å². The summed E-state index contributed by atoms with van der Waals surface area (Å²) in [6, 6.07) is 12.0. The quantitative estimate of drug-likeness (QED) is 0.568. The molecule has 1 atom stereocenters. The summed E-state index contributed by atoms with van der Waals surface area (Å²) in [5.41, 5.74) is 3.72. The molecule has 0 N–H and O–H groups in total. The highest BCUT2D eigenvalue weighted by atomic mass is 79.9. The Balaban J connectivity index is 2.09.